The van der Waals surface area contributed by atoms with Gasteiger partial charge in [-0.05, 0) is 0 Å². The molecule has 0 aromatic carbocycles. The van der Waals surface area contributed by atoms with Crippen molar-refractivity contribution in [3.8, 4) is 0 Å². The zero-order valence-electron chi connectivity index (χ0n) is 8.70. The molecule has 0 saturated heterocycles. The molecule has 0 unspecified atom stereocenters. The van der Waals surface area contributed by atoms with E-state index in [0.717, 1.165) is 0 Å². The summed E-state index contributed by atoms with van der Waals surface area (Å²) < 4.78 is 0. The van der Waals surface area contributed by atoms with E-state index in [9.17, 15) is 0 Å². The van der Waals surface area contributed by atoms with Crippen LogP contribution in [-0.2, 0) is 0 Å². The average molecular weight is 238 g/mol. The zero-order valence-corrected chi connectivity index (χ0v) is 17.7. The molecule has 0 aromatic heterocycles. The second-order valence-electron chi connectivity index (χ2n) is 0.971. The van der Waals surface area contributed by atoms with Gasteiger partial charge in [0.05, 0.1) is 0 Å². The maximum absolute atomic E-state index is 8.58. The summed E-state index contributed by atoms with van der Waals surface area (Å²) in [5, 5.41) is 0. The minimum absolute atomic E-state index is 0. The van der Waals surface area contributed by atoms with E-state index in [4.69, 9.17) is 19.2 Å². The van der Waals surface area contributed by atoms with Gasteiger partial charge in [0, 0.05) is 0 Å². The van der Waals surface area contributed by atoms with Crippen LogP contribution in [0.3, 0.4) is 0 Å². The van der Waals surface area contributed by atoms with Gasteiger partial charge in [-0.1, -0.05) is 25.3 Å². The summed E-state index contributed by atoms with van der Waals surface area (Å²) in [5.74, 6) is 0. The average Bonchev–Trinajstić information content (AvgIpc) is 1.61. The third-order valence-corrected chi connectivity index (χ3v) is 0.167. The Labute approximate surface area is 168 Å². The van der Waals surface area contributed by atoms with Crippen molar-refractivity contribution in [1.29, 1.82) is 0 Å². The van der Waals surface area contributed by atoms with E-state index in [0.29, 0.717) is 0 Å². The summed E-state index contributed by atoms with van der Waals surface area (Å²) in [4.78, 5) is 34.3. The second kappa shape index (κ2) is 24.7. The molecule has 4 nitrogen and oxygen atoms in total. The quantitative estimate of drug-likeness (QED) is 0.335. The molecule has 13 heavy (non-hydrogen) atoms. The first-order valence-corrected chi connectivity index (χ1v) is 3.60. The Morgan fingerprint density at radius 3 is 0.769 bits per heavy atom. The first kappa shape index (κ1) is 36.0. The molecule has 0 radical (unpaired) electrons. The van der Waals surface area contributed by atoms with E-state index < -0.39 is 9.05 Å². The molecule has 0 amide bonds. The Balaban J connectivity index is -0.0000000146. The van der Waals surface area contributed by atoms with Crippen LogP contribution in [-0.4, -0.2) is 9.05 Å². The third kappa shape index (κ3) is 138. The molecule has 54 valence electrons. The van der Waals surface area contributed by atoms with Crippen molar-refractivity contribution in [1.82, 2.24) is 0 Å². The van der Waals surface area contributed by atoms with Crippen LogP contribution in [0.15, 0.2) is 25.3 Å². The van der Waals surface area contributed by atoms with Crippen LogP contribution in [0.2, 0.25) is 0 Å². The van der Waals surface area contributed by atoms with Crippen LogP contribution in [0, 0.1) is 0 Å². The molecule has 0 aliphatic carbocycles. The van der Waals surface area contributed by atoms with Crippen LogP contribution < -0.4 is 137 Å². The smallest absolute Gasteiger partial charge is 0.894 e. The summed E-state index contributed by atoms with van der Waals surface area (Å²) in [6.45, 7) is 6.72. The Bertz CT molecular complexity index is 84.6. The summed E-state index contributed by atoms with van der Waals surface area (Å²) >= 11 is 0. The predicted octanol–water partition coefficient (Wildman–Crippen LogP) is -15.8. The Hall–Kier alpha value is 3.54. The van der Waals surface area contributed by atoms with Gasteiger partial charge < -0.3 is 28.2 Å². The van der Waals surface area contributed by atoms with Gasteiger partial charge in [-0.15, -0.1) is 0 Å². The zero-order chi connectivity index (χ0) is 7.91. The molecule has 0 aromatic rings. The van der Waals surface area contributed by atoms with Crippen molar-refractivity contribution in [2.75, 3.05) is 0 Å². The minimum atomic E-state index is -5.61. The van der Waals surface area contributed by atoms with Gasteiger partial charge in [-0.25, -0.2) is 0 Å². The van der Waals surface area contributed by atoms with Crippen LogP contribution >= 0.6 is 0 Å². The van der Waals surface area contributed by atoms with Crippen LogP contribution in [0.5, 0.6) is 0 Å². The van der Waals surface area contributed by atoms with Crippen molar-refractivity contribution in [3.05, 3.63) is 25.3 Å². The second-order valence-corrected chi connectivity index (χ2v) is 1.97. The van der Waals surface area contributed by atoms with E-state index in [-0.39, 0.29) is 118 Å². The minimum Gasteiger partial charge on any atom is -0.894 e. The van der Waals surface area contributed by atoms with E-state index in [1.54, 1.807) is 12.2 Å². The van der Waals surface area contributed by atoms with Crippen LogP contribution in [0.1, 0.15) is 0 Å². The van der Waals surface area contributed by atoms with E-state index >= 15 is 0 Å². The summed E-state index contributed by atoms with van der Waals surface area (Å²) in [5.41, 5.74) is 0. The fourth-order valence-electron chi connectivity index (χ4n) is 0. The fourth-order valence-corrected chi connectivity index (χ4v) is 0. The summed E-state index contributed by atoms with van der Waals surface area (Å²) in [6.07, 6.45) is 3.28. The fraction of sp³-hybridized carbons (Fsp3) is 0. The summed E-state index contributed by atoms with van der Waals surface area (Å²) in [7, 11) is -5.61. The molecule has 0 bridgehead atoms. The van der Waals surface area contributed by atoms with Gasteiger partial charge in [0.25, 0.3) is 0 Å². The van der Waals surface area contributed by atoms with Crippen LogP contribution in [0.4, 0.5) is 0 Å². The molecule has 0 rings (SSSR count). The number of allylic oxidation sites excluding steroid dienone is 2. The third-order valence-electron chi connectivity index (χ3n) is 0.167. The molecule has 0 spiro atoms. The van der Waals surface area contributed by atoms with Gasteiger partial charge in [0.1, 0.15) is 0 Å². The van der Waals surface area contributed by atoms with Crippen molar-refractivity contribution < 1.29 is 137 Å². The maximum atomic E-state index is 8.58. The maximum Gasteiger partial charge on any atom is 1.00 e. The first-order chi connectivity index (χ1) is 3.91. The number of rotatable bonds is 1. The van der Waals surface area contributed by atoms with Crippen molar-refractivity contribution in [2.45, 2.75) is 0 Å². The Kier molecular flexibility index (Phi) is 68.2. The molecule has 0 atom stereocenters. The van der Waals surface area contributed by atoms with Gasteiger partial charge in [0.2, 0.25) is 0 Å². The standard InChI is InChI=1S/C4H6.4Na.O4Si/c1-3-4-2;;;;;1-5(2,3)4/h3-4H,1-2H2;;;;;/q;4*+1;-4. The molecule has 0 heterocycles. The van der Waals surface area contributed by atoms with Crippen LogP contribution in [0.25, 0.3) is 0 Å². The Morgan fingerprint density at radius 1 is 0.692 bits per heavy atom. The number of hydrogen-bond donors (Lipinski definition) is 0. The SMILES string of the molecule is C=CC=C.[Na+].[Na+].[Na+].[Na+].[O-][Si]([O-])([O-])[O-]. The molecule has 0 N–H and O–H groups in total. The topological polar surface area (TPSA) is 92.2 Å². The molecule has 0 saturated carbocycles. The number of hydrogen-bond acceptors (Lipinski definition) is 4. The van der Waals surface area contributed by atoms with Crippen molar-refractivity contribution >= 4 is 9.05 Å². The van der Waals surface area contributed by atoms with Gasteiger partial charge in [-0.3, -0.25) is 0 Å². The predicted molar refractivity (Wildman–Crippen MR) is 26.1 cm³/mol. The van der Waals surface area contributed by atoms with E-state index in [1.165, 1.54) is 0 Å². The molecular formula is C4H6Na4O4Si. The van der Waals surface area contributed by atoms with Crippen molar-refractivity contribution in [2.24, 2.45) is 0 Å². The molecular weight excluding hydrogens is 232 g/mol. The normalized spacial score (nSPS) is 6.15. The summed E-state index contributed by atoms with van der Waals surface area (Å²) in [6, 6.07) is 0. The van der Waals surface area contributed by atoms with Gasteiger partial charge in [-0.2, -0.15) is 0 Å². The van der Waals surface area contributed by atoms with Crippen molar-refractivity contribution in [3.63, 3.8) is 0 Å². The first-order valence-electron chi connectivity index (χ1n) is 1.97. The van der Waals surface area contributed by atoms with E-state index in [2.05, 4.69) is 13.2 Å². The van der Waals surface area contributed by atoms with E-state index in [1.807, 2.05) is 0 Å². The molecule has 0 fully saturated rings. The molecule has 0 aliphatic rings. The molecule has 9 heteroatoms. The Morgan fingerprint density at radius 2 is 0.769 bits per heavy atom. The molecule has 0 aliphatic heterocycles. The largest absolute Gasteiger partial charge is 1.00 e. The van der Waals surface area contributed by atoms with Gasteiger partial charge >= 0.3 is 118 Å². The van der Waals surface area contributed by atoms with Gasteiger partial charge in [0.15, 0.2) is 0 Å². The monoisotopic (exact) mass is 238 g/mol.